The van der Waals surface area contributed by atoms with E-state index in [-0.39, 0.29) is 16.2 Å². The molecule has 0 amide bonds. The summed E-state index contributed by atoms with van der Waals surface area (Å²) in [5, 5.41) is 0. The maximum atomic E-state index is 2.61. The second kappa shape index (κ2) is 9.45. The highest BCUT2D eigenvalue weighted by Crippen LogP contribution is 2.42. The summed E-state index contributed by atoms with van der Waals surface area (Å²) in [5.41, 5.74) is 14.7. The Morgan fingerprint density at radius 2 is 1.00 bits per heavy atom. The summed E-state index contributed by atoms with van der Waals surface area (Å²) in [6, 6.07) is 39.6. The molecule has 3 heteroatoms. The van der Waals surface area contributed by atoms with Gasteiger partial charge in [-0.2, -0.15) is 0 Å². The molecule has 1 spiro atoms. The Bertz CT molecular complexity index is 1800. The minimum Gasteiger partial charge on any atom is -0.408 e. The number of hydrogen-bond acceptors (Lipinski definition) is 1. The van der Waals surface area contributed by atoms with Gasteiger partial charge in [0, 0.05) is 28.7 Å². The smallest absolute Gasteiger partial charge is 0.365 e. The van der Waals surface area contributed by atoms with Crippen LogP contribution in [0.2, 0.25) is 0 Å². The van der Waals surface area contributed by atoms with Gasteiger partial charge in [-0.15, -0.1) is 16.4 Å². The number of nitrogens with zero attached hydrogens (tertiary/aromatic N) is 2. The average Bonchev–Trinajstić information content (AvgIpc) is 3.27. The summed E-state index contributed by atoms with van der Waals surface area (Å²) in [4.78, 5) is 2.52. The number of fused-ring (bicyclic) bond motifs is 9. The molecule has 0 bridgehead atoms. The molecule has 0 radical (unpaired) electrons. The van der Waals surface area contributed by atoms with Crippen LogP contribution in [0.5, 0.6) is 0 Å². The molecule has 2 aliphatic heterocycles. The molecule has 4 aromatic carbocycles. The molecule has 5 aromatic rings. The molecule has 2 nitrogen and oxygen atoms in total. The third kappa shape index (κ3) is 4.12. The van der Waals surface area contributed by atoms with Crippen molar-refractivity contribution < 1.29 is 4.48 Å². The van der Waals surface area contributed by atoms with E-state index in [9.17, 15) is 0 Å². The molecule has 0 saturated heterocycles. The third-order valence-corrected chi connectivity index (χ3v) is 10.2. The normalized spacial score (nSPS) is 15.1. The Labute approximate surface area is 264 Å². The maximum absolute atomic E-state index is 2.61. The second-order valence-corrected chi connectivity index (χ2v) is 16.1. The molecule has 0 fully saturated rings. The molecule has 0 unspecified atom stereocenters. The van der Waals surface area contributed by atoms with E-state index >= 15 is 0 Å². The molecule has 7 rings (SSSR count). The van der Waals surface area contributed by atoms with E-state index in [1.165, 1.54) is 61.4 Å². The van der Waals surface area contributed by atoms with Gasteiger partial charge in [-0.25, -0.2) is 0 Å². The van der Waals surface area contributed by atoms with Gasteiger partial charge in [0.2, 0.25) is 0 Å². The Hall–Kier alpha value is -4.11. The predicted molar refractivity (Wildman–Crippen MR) is 189 cm³/mol. The van der Waals surface area contributed by atoms with Crippen molar-refractivity contribution in [1.82, 2.24) is 0 Å². The summed E-state index contributed by atoms with van der Waals surface area (Å²) in [6.07, 6.45) is 0.799. The lowest BCUT2D eigenvalue weighted by Gasteiger charge is -2.46. The minimum absolute atomic E-state index is 0.0152. The van der Waals surface area contributed by atoms with Gasteiger partial charge in [-0.1, -0.05) is 129 Å². The molecule has 2 aliphatic rings. The fraction of sp³-hybridized carbons (Fsp3) is 0.293. The van der Waals surface area contributed by atoms with Gasteiger partial charge >= 0.3 is 6.28 Å². The van der Waals surface area contributed by atoms with Crippen molar-refractivity contribution >= 4 is 39.7 Å². The van der Waals surface area contributed by atoms with Crippen LogP contribution in [0.4, 0.5) is 17.1 Å². The molecular formula is C41H45BN2. The first-order valence-electron chi connectivity index (χ1n) is 16.2. The van der Waals surface area contributed by atoms with Crippen LogP contribution in [0.1, 0.15) is 79.0 Å². The average molecular weight is 577 g/mol. The van der Waals surface area contributed by atoms with Crippen molar-refractivity contribution in [2.75, 3.05) is 4.90 Å². The summed E-state index contributed by atoms with van der Waals surface area (Å²) in [7, 11) is 0. The molecule has 0 atom stereocenters. The minimum atomic E-state index is -1.52. The van der Waals surface area contributed by atoms with Gasteiger partial charge in [0.15, 0.2) is 5.69 Å². The lowest BCUT2D eigenvalue weighted by atomic mass is 9.23. The molecule has 3 heterocycles. The fourth-order valence-electron chi connectivity index (χ4n) is 7.71. The number of benzene rings is 4. The summed E-state index contributed by atoms with van der Waals surface area (Å²) >= 11 is 0. The molecule has 222 valence electrons. The van der Waals surface area contributed by atoms with Crippen LogP contribution in [0.25, 0.3) is 11.3 Å². The van der Waals surface area contributed by atoms with Crippen molar-refractivity contribution in [3.8, 4) is 11.3 Å². The van der Waals surface area contributed by atoms with Gasteiger partial charge in [0.25, 0.3) is 0 Å². The Morgan fingerprint density at radius 3 is 1.55 bits per heavy atom. The van der Waals surface area contributed by atoms with Crippen LogP contribution in [0, 0.1) is 0 Å². The van der Waals surface area contributed by atoms with Gasteiger partial charge in [0.05, 0.1) is 0 Å². The first-order valence-corrected chi connectivity index (χ1v) is 16.2. The molecule has 0 aliphatic carbocycles. The van der Waals surface area contributed by atoms with Crippen molar-refractivity contribution in [3.63, 3.8) is 0 Å². The van der Waals surface area contributed by atoms with Crippen molar-refractivity contribution in [2.45, 2.75) is 78.6 Å². The van der Waals surface area contributed by atoms with Crippen LogP contribution in [0.15, 0.2) is 109 Å². The predicted octanol–water partition coefficient (Wildman–Crippen LogP) is 8.15. The van der Waals surface area contributed by atoms with Gasteiger partial charge in [-0.05, 0) is 63.3 Å². The largest absolute Gasteiger partial charge is 0.408 e. The van der Waals surface area contributed by atoms with Crippen LogP contribution < -0.4 is 25.8 Å². The van der Waals surface area contributed by atoms with Gasteiger partial charge < -0.3 is 9.38 Å². The van der Waals surface area contributed by atoms with E-state index in [2.05, 4.69) is 181 Å². The number of anilines is 3. The number of pyridine rings is 1. The lowest BCUT2D eigenvalue weighted by molar-refractivity contribution is -0.524. The second-order valence-electron chi connectivity index (χ2n) is 16.1. The highest BCUT2D eigenvalue weighted by atomic mass is 15.2. The molecular weight excluding hydrogens is 531 g/mol. The van der Waals surface area contributed by atoms with Crippen molar-refractivity contribution in [2.24, 2.45) is 0 Å². The Balaban J connectivity index is 1.64. The highest BCUT2D eigenvalue weighted by Gasteiger charge is 2.55. The van der Waals surface area contributed by atoms with Gasteiger partial charge in [0.1, 0.15) is 6.20 Å². The standard InChI is InChI=1S/C41H45BN2/c1-39(2,3)28-17-21-31(22-18-28)44-37-23-19-29(40(4,5)6)26-34(37)42(35-27-30(41(7,8)9)20-24-38(35)44)33-15-11-10-14-32(33)36-16-12-13-25-43(36)42/h10-27H,1-9H3. The number of hydrogen-bond donors (Lipinski definition) is 0. The lowest BCUT2D eigenvalue weighted by Crippen LogP contribution is -2.84. The SMILES string of the molecule is CC(C)(C)c1ccc(N2c3ccc(C(C)(C)C)cc3[B-]3(c4ccccc4-c4cccc[n+]43)c3cc(C(C)(C)C)ccc32)cc1. The van der Waals surface area contributed by atoms with E-state index in [0.29, 0.717) is 0 Å². The summed E-state index contributed by atoms with van der Waals surface area (Å²) < 4.78 is 2.61. The van der Waals surface area contributed by atoms with Gasteiger partial charge in [-0.3, -0.25) is 0 Å². The zero-order valence-electron chi connectivity index (χ0n) is 27.9. The molecule has 0 N–H and O–H groups in total. The van der Waals surface area contributed by atoms with E-state index in [4.69, 9.17) is 0 Å². The molecule has 1 aromatic heterocycles. The Morgan fingerprint density at radius 1 is 0.500 bits per heavy atom. The maximum Gasteiger partial charge on any atom is 0.365 e. The van der Waals surface area contributed by atoms with E-state index in [1.54, 1.807) is 0 Å². The zero-order chi connectivity index (χ0) is 31.2. The topological polar surface area (TPSA) is 7.12 Å². The first-order chi connectivity index (χ1) is 20.7. The fourth-order valence-corrected chi connectivity index (χ4v) is 7.71. The molecule has 44 heavy (non-hydrogen) atoms. The van der Waals surface area contributed by atoms with Crippen LogP contribution >= 0.6 is 0 Å². The zero-order valence-corrected chi connectivity index (χ0v) is 27.9. The molecule has 0 saturated carbocycles. The van der Waals surface area contributed by atoms with E-state index in [1.807, 2.05) is 0 Å². The highest BCUT2D eigenvalue weighted by molar-refractivity contribution is 7.09. The quantitative estimate of drug-likeness (QED) is 0.179. The van der Waals surface area contributed by atoms with Crippen LogP contribution in [-0.2, 0) is 16.2 Å². The third-order valence-electron chi connectivity index (χ3n) is 10.2. The van der Waals surface area contributed by atoms with Crippen LogP contribution in [0.3, 0.4) is 0 Å². The first kappa shape index (κ1) is 28.7. The Kier molecular flexibility index (Phi) is 6.15. The van der Waals surface area contributed by atoms with E-state index < -0.39 is 6.28 Å². The van der Waals surface area contributed by atoms with Crippen molar-refractivity contribution in [1.29, 1.82) is 0 Å². The van der Waals surface area contributed by atoms with E-state index in [0.717, 1.165) is 0 Å². The van der Waals surface area contributed by atoms with Crippen molar-refractivity contribution in [3.05, 3.63) is 126 Å². The number of aromatic nitrogens is 1. The summed E-state index contributed by atoms with van der Waals surface area (Å²) in [6.45, 7) is 20.8. The summed E-state index contributed by atoms with van der Waals surface area (Å²) in [5.74, 6) is 0. The number of rotatable bonds is 1. The van der Waals surface area contributed by atoms with Crippen LogP contribution in [-0.4, -0.2) is 6.28 Å². The monoisotopic (exact) mass is 576 g/mol.